The molecule has 2 aromatic rings. The molecule has 0 aromatic heterocycles. The zero-order chi connectivity index (χ0) is 15.7. The zero-order valence-corrected chi connectivity index (χ0v) is 12.1. The van der Waals surface area contributed by atoms with Gasteiger partial charge in [-0.25, -0.2) is 0 Å². The Bertz CT molecular complexity index is 750. The molecule has 1 N–H and O–H groups in total. The van der Waals surface area contributed by atoms with Crippen molar-refractivity contribution >= 4 is 17.4 Å². The predicted molar refractivity (Wildman–Crippen MR) is 83.0 cm³/mol. The van der Waals surface area contributed by atoms with Crippen molar-refractivity contribution in [2.45, 2.75) is 6.04 Å². The summed E-state index contributed by atoms with van der Waals surface area (Å²) in [5.41, 5.74) is 1.45. The van der Waals surface area contributed by atoms with Crippen LogP contribution in [0.15, 0.2) is 66.2 Å². The molecule has 0 bridgehead atoms. The maximum absolute atomic E-state index is 12.3. The molecule has 2 aromatic carbocycles. The van der Waals surface area contributed by atoms with Crippen LogP contribution in [0.1, 0.15) is 17.2 Å². The van der Waals surface area contributed by atoms with E-state index in [-0.39, 0.29) is 11.3 Å². The highest BCUT2D eigenvalue weighted by Crippen LogP contribution is 2.37. The first-order chi connectivity index (χ1) is 10.6. The molecule has 0 aliphatic carbocycles. The lowest BCUT2D eigenvalue weighted by Crippen LogP contribution is -2.24. The standard InChI is InChI=1S/C18H15NO3/c1-19-15(12-8-4-2-5-9-12)14(17(21)18(19)22)16(20)13-10-6-3-7-11-13/h2-11,15,20H,1H3/t15-/m0/s1. The Morgan fingerprint density at radius 1 is 0.955 bits per heavy atom. The number of aliphatic hydroxyl groups excluding tert-OH is 1. The molecule has 1 fully saturated rings. The van der Waals surface area contributed by atoms with Gasteiger partial charge in [-0.3, -0.25) is 9.59 Å². The Balaban J connectivity index is 2.18. The van der Waals surface area contributed by atoms with Crippen LogP contribution in [0.4, 0.5) is 0 Å². The molecule has 4 heteroatoms. The lowest BCUT2D eigenvalue weighted by molar-refractivity contribution is -0.139. The molecule has 1 aliphatic heterocycles. The first-order valence-electron chi connectivity index (χ1n) is 6.96. The van der Waals surface area contributed by atoms with Crippen molar-refractivity contribution in [2.75, 3.05) is 7.05 Å². The monoisotopic (exact) mass is 293 g/mol. The number of rotatable bonds is 2. The molecule has 1 amide bonds. The van der Waals surface area contributed by atoms with Crippen LogP contribution in [-0.2, 0) is 9.59 Å². The predicted octanol–water partition coefficient (Wildman–Crippen LogP) is 2.74. The normalized spacial score (nSPS) is 20.4. The van der Waals surface area contributed by atoms with E-state index in [2.05, 4.69) is 0 Å². The number of carbonyl (C=O) groups is 2. The first kappa shape index (κ1) is 14.1. The van der Waals surface area contributed by atoms with Crippen LogP contribution in [0.2, 0.25) is 0 Å². The summed E-state index contributed by atoms with van der Waals surface area (Å²) in [5.74, 6) is -1.40. The van der Waals surface area contributed by atoms with Crippen LogP contribution in [0, 0.1) is 0 Å². The fourth-order valence-electron chi connectivity index (χ4n) is 2.72. The van der Waals surface area contributed by atoms with Gasteiger partial charge in [-0.2, -0.15) is 0 Å². The second kappa shape index (κ2) is 5.48. The first-order valence-corrected chi connectivity index (χ1v) is 6.96. The lowest BCUT2D eigenvalue weighted by Gasteiger charge is -2.20. The van der Waals surface area contributed by atoms with E-state index >= 15 is 0 Å². The highest BCUT2D eigenvalue weighted by molar-refractivity contribution is 6.46. The summed E-state index contributed by atoms with van der Waals surface area (Å²) in [6, 6.07) is 17.4. The SMILES string of the molecule is CN1C(=O)C(=O)C(=C(O)c2ccccc2)[C@@H]1c1ccccc1. The number of nitrogens with zero attached hydrogens (tertiary/aromatic N) is 1. The third-order valence-electron chi connectivity index (χ3n) is 3.84. The molecule has 0 unspecified atom stereocenters. The summed E-state index contributed by atoms with van der Waals surface area (Å²) in [4.78, 5) is 25.7. The maximum atomic E-state index is 12.3. The van der Waals surface area contributed by atoms with Gasteiger partial charge in [0, 0.05) is 12.6 Å². The van der Waals surface area contributed by atoms with Gasteiger partial charge in [0.2, 0.25) is 0 Å². The average Bonchev–Trinajstić information content (AvgIpc) is 2.80. The topological polar surface area (TPSA) is 57.6 Å². The summed E-state index contributed by atoms with van der Waals surface area (Å²) in [7, 11) is 1.57. The minimum atomic E-state index is -0.655. The van der Waals surface area contributed by atoms with Crippen LogP contribution < -0.4 is 0 Å². The molecule has 3 rings (SSSR count). The highest BCUT2D eigenvalue weighted by atomic mass is 16.3. The fourth-order valence-corrected chi connectivity index (χ4v) is 2.72. The molecule has 1 saturated heterocycles. The van der Waals surface area contributed by atoms with Crippen molar-refractivity contribution in [1.82, 2.24) is 4.90 Å². The molecule has 1 atom stereocenters. The molecular weight excluding hydrogens is 278 g/mol. The van der Waals surface area contributed by atoms with Crippen molar-refractivity contribution in [3.63, 3.8) is 0 Å². The van der Waals surface area contributed by atoms with E-state index in [1.807, 2.05) is 36.4 Å². The van der Waals surface area contributed by atoms with Crippen molar-refractivity contribution in [2.24, 2.45) is 0 Å². The molecular formula is C18H15NO3. The number of ketones is 1. The van der Waals surface area contributed by atoms with Gasteiger partial charge in [-0.05, 0) is 5.56 Å². The van der Waals surface area contributed by atoms with Gasteiger partial charge in [0.1, 0.15) is 5.76 Å². The van der Waals surface area contributed by atoms with Gasteiger partial charge in [0.25, 0.3) is 11.7 Å². The maximum Gasteiger partial charge on any atom is 0.295 e. The molecule has 0 radical (unpaired) electrons. The van der Waals surface area contributed by atoms with E-state index < -0.39 is 17.7 Å². The Kier molecular flexibility index (Phi) is 3.51. The minimum Gasteiger partial charge on any atom is -0.507 e. The number of Topliss-reactive ketones (excluding diaryl/α,β-unsaturated/α-hetero) is 1. The number of hydrogen-bond donors (Lipinski definition) is 1. The van der Waals surface area contributed by atoms with E-state index in [1.54, 1.807) is 31.3 Å². The Morgan fingerprint density at radius 2 is 1.50 bits per heavy atom. The number of aliphatic hydroxyl groups is 1. The van der Waals surface area contributed by atoms with E-state index in [9.17, 15) is 14.7 Å². The Hall–Kier alpha value is -2.88. The van der Waals surface area contributed by atoms with Crippen LogP contribution in [-0.4, -0.2) is 28.7 Å². The molecule has 1 aliphatic rings. The summed E-state index contributed by atoms with van der Waals surface area (Å²) in [5, 5.41) is 10.5. The van der Waals surface area contributed by atoms with E-state index in [0.29, 0.717) is 5.56 Å². The third kappa shape index (κ3) is 2.19. The fraction of sp³-hybridized carbons (Fsp3) is 0.111. The molecule has 4 nitrogen and oxygen atoms in total. The van der Waals surface area contributed by atoms with Gasteiger partial charge in [0.15, 0.2) is 0 Å². The van der Waals surface area contributed by atoms with Gasteiger partial charge in [-0.15, -0.1) is 0 Å². The third-order valence-corrected chi connectivity index (χ3v) is 3.84. The quantitative estimate of drug-likeness (QED) is 0.526. The van der Waals surface area contributed by atoms with Crippen LogP contribution >= 0.6 is 0 Å². The number of carbonyl (C=O) groups excluding carboxylic acids is 2. The number of likely N-dealkylation sites (N-methyl/N-ethyl adjacent to an activating group) is 1. The van der Waals surface area contributed by atoms with Crippen LogP contribution in [0.25, 0.3) is 5.76 Å². The van der Waals surface area contributed by atoms with Crippen molar-refractivity contribution in [3.05, 3.63) is 77.4 Å². The van der Waals surface area contributed by atoms with E-state index in [4.69, 9.17) is 0 Å². The largest absolute Gasteiger partial charge is 0.507 e. The average molecular weight is 293 g/mol. The minimum absolute atomic E-state index is 0.130. The Labute approximate surface area is 128 Å². The number of amides is 1. The van der Waals surface area contributed by atoms with Gasteiger partial charge < -0.3 is 10.0 Å². The van der Waals surface area contributed by atoms with Crippen LogP contribution in [0.5, 0.6) is 0 Å². The van der Waals surface area contributed by atoms with Gasteiger partial charge in [0.05, 0.1) is 11.6 Å². The van der Waals surface area contributed by atoms with Gasteiger partial charge in [-0.1, -0.05) is 60.7 Å². The van der Waals surface area contributed by atoms with E-state index in [0.717, 1.165) is 5.56 Å². The number of benzene rings is 2. The summed E-state index contributed by atoms with van der Waals surface area (Å²) >= 11 is 0. The van der Waals surface area contributed by atoms with Crippen molar-refractivity contribution in [3.8, 4) is 0 Å². The molecule has 110 valence electrons. The van der Waals surface area contributed by atoms with E-state index in [1.165, 1.54) is 4.90 Å². The molecule has 0 saturated carbocycles. The summed E-state index contributed by atoms with van der Waals surface area (Å²) in [6.07, 6.45) is 0. The summed E-state index contributed by atoms with van der Waals surface area (Å²) < 4.78 is 0. The lowest BCUT2D eigenvalue weighted by atomic mass is 9.95. The molecule has 0 spiro atoms. The molecule has 1 heterocycles. The van der Waals surface area contributed by atoms with Crippen molar-refractivity contribution < 1.29 is 14.7 Å². The smallest absolute Gasteiger partial charge is 0.295 e. The second-order valence-corrected chi connectivity index (χ2v) is 5.19. The van der Waals surface area contributed by atoms with Crippen molar-refractivity contribution in [1.29, 1.82) is 0 Å². The number of likely N-dealkylation sites (tertiary alicyclic amines) is 1. The zero-order valence-electron chi connectivity index (χ0n) is 12.1. The Morgan fingerprint density at radius 3 is 2.09 bits per heavy atom. The van der Waals surface area contributed by atoms with Crippen LogP contribution in [0.3, 0.4) is 0 Å². The van der Waals surface area contributed by atoms with Gasteiger partial charge >= 0.3 is 0 Å². The summed E-state index contributed by atoms with van der Waals surface area (Å²) in [6.45, 7) is 0. The highest BCUT2D eigenvalue weighted by Gasteiger charge is 2.43. The number of hydrogen-bond acceptors (Lipinski definition) is 3. The molecule has 22 heavy (non-hydrogen) atoms. The second-order valence-electron chi connectivity index (χ2n) is 5.19.